The van der Waals surface area contributed by atoms with E-state index in [9.17, 15) is 13.6 Å². The lowest BCUT2D eigenvalue weighted by Crippen LogP contribution is -2.23. The average molecular weight is 442 g/mol. The fourth-order valence-corrected chi connectivity index (χ4v) is 3.80. The number of rotatable bonds is 4. The van der Waals surface area contributed by atoms with Crippen LogP contribution in [-0.4, -0.2) is 15.9 Å². The molecular formula is C22H14ClF2N3OS. The van der Waals surface area contributed by atoms with E-state index in [0.29, 0.717) is 10.1 Å². The van der Waals surface area contributed by atoms with Gasteiger partial charge in [-0.05, 0) is 42.8 Å². The Morgan fingerprint density at radius 2 is 1.83 bits per heavy atom. The van der Waals surface area contributed by atoms with Crippen LogP contribution in [0, 0.1) is 18.6 Å². The molecule has 0 radical (unpaired) electrons. The maximum absolute atomic E-state index is 13.9. The molecule has 0 bridgehead atoms. The maximum atomic E-state index is 13.9. The number of thiazole rings is 1. The minimum absolute atomic E-state index is 0.196. The zero-order chi connectivity index (χ0) is 21.3. The molecular weight excluding hydrogens is 428 g/mol. The highest BCUT2D eigenvalue weighted by molar-refractivity contribution is 7.13. The number of amides is 1. The molecule has 0 spiro atoms. The molecule has 2 aromatic carbocycles. The molecule has 0 aliphatic carbocycles. The number of benzene rings is 2. The smallest absolute Gasteiger partial charge is 0.267 e. The first-order valence-electron chi connectivity index (χ1n) is 8.87. The van der Waals surface area contributed by atoms with Crippen molar-refractivity contribution >= 4 is 34.7 Å². The topological polar surface area (TPSA) is 46.1 Å². The molecule has 2 heterocycles. The molecule has 30 heavy (non-hydrogen) atoms. The van der Waals surface area contributed by atoms with Crippen LogP contribution in [0.15, 0.2) is 66.3 Å². The second-order valence-electron chi connectivity index (χ2n) is 6.45. The molecule has 4 nitrogen and oxygen atoms in total. The van der Waals surface area contributed by atoms with Crippen molar-refractivity contribution in [3.8, 4) is 21.8 Å². The van der Waals surface area contributed by atoms with E-state index in [1.165, 1.54) is 12.3 Å². The van der Waals surface area contributed by atoms with Crippen molar-refractivity contribution in [2.45, 2.75) is 6.92 Å². The molecule has 4 rings (SSSR count). The molecule has 0 saturated heterocycles. The van der Waals surface area contributed by atoms with Crippen LogP contribution in [0.2, 0.25) is 0 Å². The van der Waals surface area contributed by atoms with Gasteiger partial charge in [-0.1, -0.05) is 18.2 Å². The van der Waals surface area contributed by atoms with Crippen molar-refractivity contribution in [1.29, 1.82) is 0 Å². The molecule has 0 saturated carbocycles. The van der Waals surface area contributed by atoms with E-state index in [0.717, 1.165) is 33.8 Å². The number of nitrogens with zero attached hydrogens (tertiary/aromatic N) is 3. The second-order valence-corrected chi connectivity index (χ2v) is 7.68. The largest absolute Gasteiger partial charge is 0.278 e. The van der Waals surface area contributed by atoms with E-state index in [1.807, 2.05) is 30.5 Å². The number of aryl methyl sites for hydroxylation is 1. The molecule has 4 aromatic rings. The molecule has 0 atom stereocenters. The summed E-state index contributed by atoms with van der Waals surface area (Å²) in [6.45, 7) is 1.97. The highest BCUT2D eigenvalue weighted by Crippen LogP contribution is 2.30. The summed E-state index contributed by atoms with van der Waals surface area (Å²) in [7, 11) is 0. The zero-order valence-corrected chi connectivity index (χ0v) is 17.2. The molecule has 1 amide bonds. The number of aromatic nitrogens is 2. The molecule has 8 heteroatoms. The first-order valence-corrected chi connectivity index (χ1v) is 10.1. The summed E-state index contributed by atoms with van der Waals surface area (Å²) < 4.78 is 28.4. The van der Waals surface area contributed by atoms with Gasteiger partial charge in [0.1, 0.15) is 22.2 Å². The van der Waals surface area contributed by atoms with E-state index in [1.54, 1.807) is 29.7 Å². The van der Waals surface area contributed by atoms with Gasteiger partial charge in [-0.2, -0.15) is 0 Å². The van der Waals surface area contributed by atoms with E-state index in [4.69, 9.17) is 11.8 Å². The van der Waals surface area contributed by atoms with Gasteiger partial charge >= 0.3 is 0 Å². The fourth-order valence-electron chi connectivity index (χ4n) is 2.98. The van der Waals surface area contributed by atoms with Gasteiger partial charge in [0.05, 0.1) is 17.6 Å². The highest BCUT2D eigenvalue weighted by Gasteiger charge is 2.23. The summed E-state index contributed by atoms with van der Waals surface area (Å²) in [6.07, 6.45) is 3.13. The molecule has 0 unspecified atom stereocenters. The molecule has 0 fully saturated rings. The maximum Gasteiger partial charge on any atom is 0.278 e. The Morgan fingerprint density at radius 1 is 1.07 bits per heavy atom. The van der Waals surface area contributed by atoms with E-state index in [-0.39, 0.29) is 5.69 Å². The molecule has 2 aromatic heterocycles. The van der Waals surface area contributed by atoms with Crippen LogP contribution in [0.3, 0.4) is 0 Å². The number of hydrogen-bond donors (Lipinski definition) is 0. The summed E-state index contributed by atoms with van der Waals surface area (Å²) in [5, 5.41) is 2.81. The Balaban J connectivity index is 1.63. The quantitative estimate of drug-likeness (QED) is 0.351. The van der Waals surface area contributed by atoms with Gasteiger partial charge in [-0.3, -0.25) is 9.78 Å². The van der Waals surface area contributed by atoms with Crippen LogP contribution in [0.5, 0.6) is 0 Å². The zero-order valence-electron chi connectivity index (χ0n) is 15.6. The van der Waals surface area contributed by atoms with Crippen LogP contribution in [0.4, 0.5) is 14.5 Å². The molecule has 0 aliphatic heterocycles. The van der Waals surface area contributed by atoms with Gasteiger partial charge < -0.3 is 0 Å². The number of carbonyl (C=O) groups excluding carboxylic acids is 1. The summed E-state index contributed by atoms with van der Waals surface area (Å²) in [4.78, 5) is 21.2. The molecule has 0 N–H and O–H groups in total. The van der Waals surface area contributed by atoms with Crippen molar-refractivity contribution in [2.24, 2.45) is 0 Å². The van der Waals surface area contributed by atoms with Gasteiger partial charge in [-0.25, -0.2) is 18.2 Å². The van der Waals surface area contributed by atoms with Gasteiger partial charge in [0.15, 0.2) is 0 Å². The van der Waals surface area contributed by atoms with Crippen molar-refractivity contribution < 1.29 is 13.6 Å². The van der Waals surface area contributed by atoms with Crippen molar-refractivity contribution in [2.75, 3.05) is 4.42 Å². The average Bonchev–Trinajstić information content (AvgIpc) is 3.28. The predicted molar refractivity (Wildman–Crippen MR) is 115 cm³/mol. The lowest BCUT2D eigenvalue weighted by Gasteiger charge is -2.15. The van der Waals surface area contributed by atoms with Crippen LogP contribution in [0.25, 0.3) is 21.8 Å². The minimum Gasteiger partial charge on any atom is -0.267 e. The van der Waals surface area contributed by atoms with Crippen molar-refractivity contribution in [3.05, 3.63) is 89.1 Å². The number of pyridine rings is 1. The van der Waals surface area contributed by atoms with Crippen LogP contribution in [-0.2, 0) is 0 Å². The highest BCUT2D eigenvalue weighted by atomic mass is 35.5. The number of halogens is 3. The Labute approximate surface area is 180 Å². The minimum atomic E-state index is -1.01. The first kappa shape index (κ1) is 20.1. The Bertz CT molecular complexity index is 1190. The third-order valence-corrected chi connectivity index (χ3v) is 5.69. The van der Waals surface area contributed by atoms with Crippen LogP contribution < -0.4 is 4.42 Å². The monoisotopic (exact) mass is 441 g/mol. The van der Waals surface area contributed by atoms with Crippen LogP contribution >= 0.6 is 23.1 Å². The lowest BCUT2D eigenvalue weighted by molar-refractivity contribution is 0.0997. The predicted octanol–water partition coefficient (Wildman–Crippen LogP) is 6.26. The summed E-state index contributed by atoms with van der Waals surface area (Å²) in [5.74, 6) is -2.97. The summed E-state index contributed by atoms with van der Waals surface area (Å²) >= 11 is 7.60. The third kappa shape index (κ3) is 3.81. The first-order chi connectivity index (χ1) is 14.5. The number of hydrogen-bond acceptors (Lipinski definition) is 4. The lowest BCUT2D eigenvalue weighted by atomic mass is 10.0. The van der Waals surface area contributed by atoms with Crippen LogP contribution in [0.1, 0.15) is 15.9 Å². The van der Waals surface area contributed by atoms with Gasteiger partial charge in [-0.15, -0.1) is 11.3 Å². The van der Waals surface area contributed by atoms with Gasteiger partial charge in [0.25, 0.3) is 5.91 Å². The van der Waals surface area contributed by atoms with E-state index < -0.39 is 23.1 Å². The molecule has 150 valence electrons. The summed E-state index contributed by atoms with van der Waals surface area (Å²) in [5.41, 5.74) is 3.04. The Kier molecular flexibility index (Phi) is 5.57. The fraction of sp³-hybridized carbons (Fsp3) is 0.0455. The van der Waals surface area contributed by atoms with Gasteiger partial charge in [0.2, 0.25) is 0 Å². The van der Waals surface area contributed by atoms with E-state index in [2.05, 4.69) is 9.97 Å². The van der Waals surface area contributed by atoms with E-state index >= 15 is 0 Å². The third-order valence-electron chi connectivity index (χ3n) is 4.52. The molecule has 0 aliphatic rings. The standard InChI is InChI=1S/C22H14ClF2N3OS/c1-13-5-6-14(21-26-9-10-30-21)11-16(13)19-8-7-15(12-27-19)28(23)22(29)20-17(24)3-2-4-18(20)25/h2-12H,1H3. The Hall–Kier alpha value is -3.16. The SMILES string of the molecule is Cc1ccc(-c2nccs2)cc1-c1ccc(N(Cl)C(=O)c2c(F)cccc2F)cn1. The van der Waals surface area contributed by atoms with Crippen molar-refractivity contribution in [1.82, 2.24) is 9.97 Å². The Morgan fingerprint density at radius 3 is 2.47 bits per heavy atom. The summed E-state index contributed by atoms with van der Waals surface area (Å²) in [6, 6.07) is 12.4. The normalized spacial score (nSPS) is 10.8. The van der Waals surface area contributed by atoms with Crippen molar-refractivity contribution in [3.63, 3.8) is 0 Å². The van der Waals surface area contributed by atoms with Gasteiger partial charge in [0, 0.05) is 34.5 Å². The second kappa shape index (κ2) is 8.30. The number of anilines is 1. The number of carbonyl (C=O) groups is 1.